The van der Waals surface area contributed by atoms with E-state index >= 15 is 0 Å². The lowest BCUT2D eigenvalue weighted by atomic mass is 10.1. The summed E-state index contributed by atoms with van der Waals surface area (Å²) in [5.74, 6) is 0.976. The van der Waals surface area contributed by atoms with Crippen molar-refractivity contribution in [3.63, 3.8) is 0 Å². The molecule has 1 amide bonds. The van der Waals surface area contributed by atoms with Crippen LogP contribution < -0.4 is 10.1 Å². The minimum Gasteiger partial charge on any atom is -0.495 e. The summed E-state index contributed by atoms with van der Waals surface area (Å²) in [5.41, 5.74) is 2.47. The molecule has 2 aromatic carbocycles. The molecule has 1 heterocycles. The van der Waals surface area contributed by atoms with Gasteiger partial charge < -0.3 is 14.6 Å². The first-order valence-electron chi connectivity index (χ1n) is 7.59. The first kappa shape index (κ1) is 17.0. The lowest BCUT2D eigenvalue weighted by Gasteiger charge is -2.07. The molecule has 0 bridgehead atoms. The number of nitrogens with one attached hydrogen (secondary N) is 1. The lowest BCUT2D eigenvalue weighted by Crippen LogP contribution is -2.14. The van der Waals surface area contributed by atoms with Gasteiger partial charge in [0, 0.05) is 11.3 Å². The molecule has 128 valence electrons. The van der Waals surface area contributed by atoms with Crippen molar-refractivity contribution >= 4 is 23.2 Å². The second kappa shape index (κ2) is 7.36. The van der Waals surface area contributed by atoms with E-state index in [0.29, 0.717) is 22.3 Å². The van der Waals surface area contributed by atoms with Gasteiger partial charge in [0.1, 0.15) is 12.2 Å². The largest absolute Gasteiger partial charge is 0.495 e. The molecule has 1 aromatic heterocycles. The molecule has 0 spiro atoms. The Balaban J connectivity index is 1.68. The summed E-state index contributed by atoms with van der Waals surface area (Å²) in [6, 6.07) is 12.7. The van der Waals surface area contributed by atoms with E-state index in [1.165, 1.54) is 7.11 Å². The van der Waals surface area contributed by atoms with Crippen molar-refractivity contribution in [3.8, 4) is 17.1 Å². The van der Waals surface area contributed by atoms with Gasteiger partial charge >= 0.3 is 0 Å². The zero-order chi connectivity index (χ0) is 17.8. The third kappa shape index (κ3) is 3.97. The number of carbonyl (C=O) groups excluding carboxylic acids is 1. The summed E-state index contributed by atoms with van der Waals surface area (Å²) in [6.07, 6.45) is -0.0253. The molecule has 25 heavy (non-hydrogen) atoms. The summed E-state index contributed by atoms with van der Waals surface area (Å²) < 4.78 is 10.3. The van der Waals surface area contributed by atoms with Crippen LogP contribution in [-0.4, -0.2) is 23.2 Å². The number of aromatic nitrogens is 2. The predicted molar refractivity (Wildman–Crippen MR) is 94.8 cm³/mol. The van der Waals surface area contributed by atoms with Gasteiger partial charge in [-0.2, -0.15) is 4.98 Å². The van der Waals surface area contributed by atoms with E-state index in [1.54, 1.807) is 18.2 Å². The van der Waals surface area contributed by atoms with Crippen LogP contribution in [0.4, 0.5) is 5.69 Å². The van der Waals surface area contributed by atoms with Crippen LogP contribution in [0.1, 0.15) is 11.5 Å². The SMILES string of the molecule is COc1ccc(NC(=O)Cc2nc(-c3ccccc3C)no2)cc1Cl. The van der Waals surface area contributed by atoms with Crippen LogP contribution in [0.5, 0.6) is 5.75 Å². The van der Waals surface area contributed by atoms with Crippen molar-refractivity contribution in [2.24, 2.45) is 0 Å². The van der Waals surface area contributed by atoms with Crippen LogP contribution >= 0.6 is 11.6 Å². The highest BCUT2D eigenvalue weighted by molar-refractivity contribution is 6.32. The Labute approximate surface area is 149 Å². The van der Waals surface area contributed by atoms with Gasteiger partial charge in [-0.1, -0.05) is 41.0 Å². The van der Waals surface area contributed by atoms with Crippen molar-refractivity contribution in [3.05, 3.63) is 58.9 Å². The van der Waals surface area contributed by atoms with E-state index in [1.807, 2.05) is 31.2 Å². The Morgan fingerprint density at radius 2 is 2.08 bits per heavy atom. The first-order valence-corrected chi connectivity index (χ1v) is 7.96. The predicted octanol–water partition coefficient (Wildman–Crippen LogP) is 3.89. The van der Waals surface area contributed by atoms with E-state index in [4.69, 9.17) is 20.9 Å². The van der Waals surface area contributed by atoms with Gasteiger partial charge in [0.15, 0.2) is 0 Å². The molecule has 7 heteroatoms. The van der Waals surface area contributed by atoms with E-state index in [-0.39, 0.29) is 18.2 Å². The maximum atomic E-state index is 12.1. The van der Waals surface area contributed by atoms with E-state index in [2.05, 4.69) is 15.5 Å². The van der Waals surface area contributed by atoms with Gasteiger partial charge in [-0.05, 0) is 30.7 Å². The molecule has 0 aliphatic carbocycles. The highest BCUT2D eigenvalue weighted by Gasteiger charge is 2.14. The number of hydrogen-bond donors (Lipinski definition) is 1. The molecule has 0 aliphatic heterocycles. The smallest absolute Gasteiger partial charge is 0.236 e. The Morgan fingerprint density at radius 3 is 2.80 bits per heavy atom. The fourth-order valence-electron chi connectivity index (χ4n) is 2.35. The molecule has 0 radical (unpaired) electrons. The third-order valence-electron chi connectivity index (χ3n) is 3.60. The van der Waals surface area contributed by atoms with Crippen LogP contribution in [0, 0.1) is 6.92 Å². The van der Waals surface area contributed by atoms with Crippen LogP contribution in [0.25, 0.3) is 11.4 Å². The first-order chi connectivity index (χ1) is 12.1. The highest BCUT2D eigenvalue weighted by Crippen LogP contribution is 2.27. The van der Waals surface area contributed by atoms with Gasteiger partial charge in [-0.15, -0.1) is 0 Å². The number of methoxy groups -OCH3 is 1. The average Bonchev–Trinajstić information content (AvgIpc) is 3.03. The van der Waals surface area contributed by atoms with Gasteiger partial charge in [0.05, 0.1) is 12.1 Å². The summed E-state index contributed by atoms with van der Waals surface area (Å²) >= 11 is 6.04. The number of hydrogen-bond acceptors (Lipinski definition) is 5. The van der Waals surface area contributed by atoms with Crippen LogP contribution in [0.15, 0.2) is 47.0 Å². The Morgan fingerprint density at radius 1 is 1.28 bits per heavy atom. The van der Waals surface area contributed by atoms with Gasteiger partial charge in [-0.3, -0.25) is 4.79 Å². The Kier molecular flexibility index (Phi) is 5.00. The standard InChI is InChI=1S/C18H16ClN3O3/c1-11-5-3-4-6-13(11)18-21-17(25-22-18)10-16(23)20-12-7-8-15(24-2)14(19)9-12/h3-9H,10H2,1-2H3,(H,20,23). The van der Waals surface area contributed by atoms with E-state index in [9.17, 15) is 4.79 Å². The molecule has 3 aromatic rings. The second-order valence-corrected chi connectivity index (χ2v) is 5.81. The minimum absolute atomic E-state index is 0.0253. The third-order valence-corrected chi connectivity index (χ3v) is 3.90. The number of anilines is 1. The number of carbonyl (C=O) groups is 1. The van der Waals surface area contributed by atoms with Crippen molar-refractivity contribution in [1.29, 1.82) is 0 Å². The lowest BCUT2D eigenvalue weighted by molar-refractivity contribution is -0.115. The quantitative estimate of drug-likeness (QED) is 0.749. The molecular formula is C18H16ClN3O3. The number of ether oxygens (including phenoxy) is 1. The average molecular weight is 358 g/mol. The number of aryl methyl sites for hydroxylation is 1. The zero-order valence-corrected chi connectivity index (χ0v) is 14.5. The van der Waals surface area contributed by atoms with Crippen molar-refractivity contribution < 1.29 is 14.1 Å². The monoisotopic (exact) mass is 357 g/mol. The molecule has 6 nitrogen and oxygen atoms in total. The summed E-state index contributed by atoms with van der Waals surface area (Å²) in [4.78, 5) is 16.4. The van der Waals surface area contributed by atoms with Crippen molar-refractivity contribution in [2.75, 3.05) is 12.4 Å². The number of benzene rings is 2. The van der Waals surface area contributed by atoms with Gasteiger partial charge in [0.25, 0.3) is 0 Å². The van der Waals surface area contributed by atoms with Crippen LogP contribution in [0.2, 0.25) is 5.02 Å². The summed E-state index contributed by atoms with van der Waals surface area (Å²) in [6.45, 7) is 1.96. The summed E-state index contributed by atoms with van der Waals surface area (Å²) in [7, 11) is 1.53. The molecule has 0 fully saturated rings. The van der Waals surface area contributed by atoms with Crippen molar-refractivity contribution in [2.45, 2.75) is 13.3 Å². The van der Waals surface area contributed by atoms with Crippen molar-refractivity contribution in [1.82, 2.24) is 10.1 Å². The molecular weight excluding hydrogens is 342 g/mol. The number of amides is 1. The molecule has 0 atom stereocenters. The Hall–Kier alpha value is -2.86. The normalized spacial score (nSPS) is 10.5. The number of halogens is 1. The Bertz CT molecular complexity index is 908. The molecule has 0 aliphatic rings. The molecule has 3 rings (SSSR count). The van der Waals surface area contributed by atoms with Gasteiger partial charge in [0.2, 0.25) is 17.6 Å². The fourth-order valence-corrected chi connectivity index (χ4v) is 2.60. The van der Waals surface area contributed by atoms with Crippen LogP contribution in [-0.2, 0) is 11.2 Å². The number of nitrogens with zero attached hydrogens (tertiary/aromatic N) is 2. The maximum Gasteiger partial charge on any atom is 0.236 e. The van der Waals surface area contributed by atoms with Crippen LogP contribution in [0.3, 0.4) is 0 Å². The molecule has 1 N–H and O–H groups in total. The highest BCUT2D eigenvalue weighted by atomic mass is 35.5. The molecule has 0 saturated heterocycles. The van der Waals surface area contributed by atoms with Gasteiger partial charge in [-0.25, -0.2) is 0 Å². The molecule has 0 unspecified atom stereocenters. The van der Waals surface area contributed by atoms with E-state index < -0.39 is 0 Å². The topological polar surface area (TPSA) is 77.2 Å². The number of rotatable bonds is 5. The maximum absolute atomic E-state index is 12.1. The van der Waals surface area contributed by atoms with E-state index in [0.717, 1.165) is 11.1 Å². The molecule has 0 saturated carbocycles. The zero-order valence-electron chi connectivity index (χ0n) is 13.7. The fraction of sp³-hybridized carbons (Fsp3) is 0.167. The summed E-state index contributed by atoms with van der Waals surface area (Å²) in [5, 5.41) is 7.09. The second-order valence-electron chi connectivity index (χ2n) is 5.40. The minimum atomic E-state index is -0.277.